The van der Waals surface area contributed by atoms with Crippen molar-refractivity contribution in [2.45, 2.75) is 18.6 Å². The van der Waals surface area contributed by atoms with Crippen molar-refractivity contribution in [3.63, 3.8) is 0 Å². The molecule has 0 spiro atoms. The van der Waals surface area contributed by atoms with Crippen LogP contribution in [0.3, 0.4) is 0 Å². The van der Waals surface area contributed by atoms with E-state index in [1.54, 1.807) is 18.2 Å². The van der Waals surface area contributed by atoms with Crippen LogP contribution in [-0.4, -0.2) is 29.0 Å². The summed E-state index contributed by atoms with van der Waals surface area (Å²) in [4.78, 5) is 12.8. The Kier molecular flexibility index (Phi) is 3.96. The maximum absolute atomic E-state index is 11.1. The van der Waals surface area contributed by atoms with Crippen LogP contribution in [0.1, 0.15) is 13.3 Å². The Labute approximate surface area is 110 Å². The second kappa shape index (κ2) is 5.48. The van der Waals surface area contributed by atoms with Crippen LogP contribution in [0, 0.1) is 10.1 Å². The second-order valence-corrected chi connectivity index (χ2v) is 5.73. The van der Waals surface area contributed by atoms with E-state index in [9.17, 15) is 10.1 Å². The van der Waals surface area contributed by atoms with Crippen molar-refractivity contribution in [2.75, 3.05) is 29.5 Å². The van der Waals surface area contributed by atoms with Gasteiger partial charge in [0.15, 0.2) is 0 Å². The highest BCUT2D eigenvalue weighted by molar-refractivity contribution is 8.00. The van der Waals surface area contributed by atoms with Crippen LogP contribution in [0.25, 0.3) is 0 Å². The zero-order valence-electron chi connectivity index (χ0n) is 10.3. The Morgan fingerprint density at radius 3 is 3.06 bits per heavy atom. The third-order valence-electron chi connectivity index (χ3n) is 3.16. The first-order chi connectivity index (χ1) is 8.63. The third-order valence-corrected chi connectivity index (χ3v) is 4.54. The van der Waals surface area contributed by atoms with Crippen molar-refractivity contribution in [3.05, 3.63) is 28.3 Å². The summed E-state index contributed by atoms with van der Waals surface area (Å²) in [7, 11) is 0. The molecule has 0 amide bonds. The molecule has 2 N–H and O–H groups in total. The molecule has 2 rings (SSSR count). The van der Waals surface area contributed by atoms with Gasteiger partial charge in [-0.05, 0) is 18.6 Å². The summed E-state index contributed by atoms with van der Waals surface area (Å²) in [6.45, 7) is 3.84. The number of hydrogen-bond donors (Lipinski definition) is 1. The third kappa shape index (κ3) is 2.53. The smallest absolute Gasteiger partial charge is 0.315 e. The summed E-state index contributed by atoms with van der Waals surface area (Å²) in [6, 6.07) is 5.15. The predicted molar refractivity (Wildman–Crippen MR) is 76.3 cm³/mol. The fourth-order valence-electron chi connectivity index (χ4n) is 2.19. The maximum Gasteiger partial charge on any atom is 0.315 e. The number of nitrogens with zero attached hydrogens (tertiary/aromatic N) is 2. The van der Waals surface area contributed by atoms with Crippen LogP contribution in [0.15, 0.2) is 18.2 Å². The molecule has 1 atom stereocenters. The first-order valence-electron chi connectivity index (χ1n) is 6.03. The largest absolute Gasteiger partial charge is 0.393 e. The fraction of sp³-hybridized carbons (Fsp3) is 0.500. The Balaban J connectivity index is 2.32. The van der Waals surface area contributed by atoms with E-state index in [4.69, 9.17) is 5.73 Å². The van der Waals surface area contributed by atoms with Gasteiger partial charge in [-0.1, -0.05) is 13.0 Å². The quantitative estimate of drug-likeness (QED) is 0.517. The predicted octanol–water partition coefficient (Wildman–Crippen LogP) is 2.51. The van der Waals surface area contributed by atoms with Gasteiger partial charge in [0, 0.05) is 24.1 Å². The van der Waals surface area contributed by atoms with Gasteiger partial charge in [-0.15, -0.1) is 0 Å². The van der Waals surface area contributed by atoms with Crippen LogP contribution < -0.4 is 10.6 Å². The maximum atomic E-state index is 11.1. The summed E-state index contributed by atoms with van der Waals surface area (Å²) in [5.41, 5.74) is 6.65. The molecule has 98 valence electrons. The molecule has 6 heteroatoms. The normalized spacial score (nSPS) is 19.8. The molecule has 1 aromatic rings. The molecule has 5 nitrogen and oxygen atoms in total. The van der Waals surface area contributed by atoms with Crippen molar-refractivity contribution in [3.8, 4) is 0 Å². The van der Waals surface area contributed by atoms with Crippen molar-refractivity contribution < 1.29 is 4.92 Å². The van der Waals surface area contributed by atoms with E-state index in [0.717, 1.165) is 25.3 Å². The molecule has 1 aliphatic heterocycles. The minimum Gasteiger partial charge on any atom is -0.393 e. The van der Waals surface area contributed by atoms with E-state index in [1.165, 1.54) is 0 Å². The monoisotopic (exact) mass is 267 g/mol. The lowest BCUT2D eigenvalue weighted by Crippen LogP contribution is -2.38. The van der Waals surface area contributed by atoms with Crippen LogP contribution >= 0.6 is 11.8 Å². The second-order valence-electron chi connectivity index (χ2n) is 4.32. The number of nitrogens with two attached hydrogens (primary N) is 1. The first kappa shape index (κ1) is 13.0. The van der Waals surface area contributed by atoms with Crippen molar-refractivity contribution in [1.29, 1.82) is 0 Å². The summed E-state index contributed by atoms with van der Waals surface area (Å²) in [6.07, 6.45) is 1.08. The minimum atomic E-state index is -0.382. The highest BCUT2D eigenvalue weighted by atomic mass is 32.2. The molecule has 1 unspecified atom stereocenters. The van der Waals surface area contributed by atoms with Crippen molar-refractivity contribution in [2.24, 2.45) is 0 Å². The Morgan fingerprint density at radius 2 is 2.39 bits per heavy atom. The van der Waals surface area contributed by atoms with Gasteiger partial charge >= 0.3 is 5.69 Å². The van der Waals surface area contributed by atoms with E-state index in [1.807, 2.05) is 11.8 Å². The molecular formula is C12H17N3O2S. The van der Waals surface area contributed by atoms with Crippen LogP contribution in [-0.2, 0) is 0 Å². The number of rotatable bonds is 3. The zero-order valence-corrected chi connectivity index (χ0v) is 11.2. The number of anilines is 2. The van der Waals surface area contributed by atoms with E-state index in [2.05, 4.69) is 11.8 Å². The zero-order chi connectivity index (χ0) is 13.1. The van der Waals surface area contributed by atoms with Crippen LogP contribution in [0.2, 0.25) is 0 Å². The molecule has 1 saturated heterocycles. The average molecular weight is 267 g/mol. The number of para-hydroxylation sites is 1. The molecule has 1 fully saturated rings. The molecule has 0 aromatic heterocycles. The number of thioether (sulfide) groups is 1. The topological polar surface area (TPSA) is 72.4 Å². The number of nitro benzene ring substituents is 1. The lowest BCUT2D eigenvalue weighted by atomic mass is 10.2. The number of benzene rings is 1. The molecular weight excluding hydrogens is 250 g/mol. The van der Waals surface area contributed by atoms with Gasteiger partial charge in [-0.2, -0.15) is 11.8 Å². The SMILES string of the molecule is CCC1CN(c2cccc(N)c2[N+](=O)[O-])CCS1. The summed E-state index contributed by atoms with van der Waals surface area (Å²) in [5.74, 6) is 1.00. The summed E-state index contributed by atoms with van der Waals surface area (Å²) < 4.78 is 0. The molecule has 18 heavy (non-hydrogen) atoms. The number of nitrogen functional groups attached to an aromatic ring is 1. The number of hydrogen-bond acceptors (Lipinski definition) is 5. The van der Waals surface area contributed by atoms with Crippen LogP contribution in [0.4, 0.5) is 17.1 Å². The minimum absolute atomic E-state index is 0.0410. The van der Waals surface area contributed by atoms with E-state index < -0.39 is 0 Å². The van der Waals surface area contributed by atoms with E-state index >= 15 is 0 Å². The van der Waals surface area contributed by atoms with Crippen LogP contribution in [0.5, 0.6) is 0 Å². The number of nitro groups is 1. The van der Waals surface area contributed by atoms with Crippen molar-refractivity contribution >= 4 is 28.8 Å². The lowest BCUT2D eigenvalue weighted by molar-refractivity contribution is -0.383. The average Bonchev–Trinajstić information content (AvgIpc) is 2.38. The molecule has 0 saturated carbocycles. The van der Waals surface area contributed by atoms with E-state index in [0.29, 0.717) is 10.9 Å². The standard InChI is InChI=1S/C12H17N3O2S/c1-2-9-8-14(6-7-18-9)11-5-3-4-10(13)12(11)15(16)17/h3-5,9H,2,6-8,13H2,1H3. The molecule has 0 radical (unpaired) electrons. The highest BCUT2D eigenvalue weighted by Gasteiger charge is 2.26. The molecule has 1 aliphatic rings. The molecule has 0 aliphatic carbocycles. The molecule has 1 heterocycles. The molecule has 0 bridgehead atoms. The highest BCUT2D eigenvalue weighted by Crippen LogP contribution is 2.36. The van der Waals surface area contributed by atoms with Gasteiger partial charge < -0.3 is 10.6 Å². The molecule has 1 aromatic carbocycles. The van der Waals surface area contributed by atoms with Gasteiger partial charge in [-0.25, -0.2) is 0 Å². The summed E-state index contributed by atoms with van der Waals surface area (Å²) >= 11 is 1.94. The first-order valence-corrected chi connectivity index (χ1v) is 7.07. The Morgan fingerprint density at radius 1 is 1.61 bits per heavy atom. The Hall–Kier alpha value is -1.43. The van der Waals surface area contributed by atoms with Gasteiger partial charge in [0.1, 0.15) is 11.4 Å². The Bertz CT molecular complexity index is 453. The van der Waals surface area contributed by atoms with Gasteiger partial charge in [0.2, 0.25) is 0 Å². The fourth-order valence-corrected chi connectivity index (χ4v) is 3.37. The van der Waals surface area contributed by atoms with E-state index in [-0.39, 0.29) is 16.3 Å². The summed E-state index contributed by atoms with van der Waals surface area (Å²) in [5, 5.41) is 11.7. The van der Waals surface area contributed by atoms with Gasteiger partial charge in [-0.3, -0.25) is 10.1 Å². The van der Waals surface area contributed by atoms with Crippen molar-refractivity contribution in [1.82, 2.24) is 0 Å². The van der Waals surface area contributed by atoms with Gasteiger partial charge in [0.25, 0.3) is 0 Å². The van der Waals surface area contributed by atoms with Gasteiger partial charge in [0.05, 0.1) is 4.92 Å². The lowest BCUT2D eigenvalue weighted by Gasteiger charge is -2.33.